The quantitative estimate of drug-likeness (QED) is 0.900. The number of benzene rings is 2. The number of hydrogen-bond donors (Lipinski definition) is 2. The molecule has 0 radical (unpaired) electrons. The lowest BCUT2D eigenvalue weighted by Gasteiger charge is -2.12. The minimum Gasteiger partial charge on any atom is -0.493 e. The summed E-state index contributed by atoms with van der Waals surface area (Å²) in [6.07, 6.45) is 1.76. The van der Waals surface area contributed by atoms with Crippen LogP contribution >= 0.6 is 0 Å². The van der Waals surface area contributed by atoms with Crippen molar-refractivity contribution in [1.82, 2.24) is 5.32 Å². The Bertz CT molecular complexity index is 790. The second kappa shape index (κ2) is 6.86. The molecule has 5 heteroatoms. The maximum absolute atomic E-state index is 12.4. The zero-order valence-electron chi connectivity index (χ0n) is 14.2. The zero-order chi connectivity index (χ0) is 17.2. The lowest BCUT2D eigenvalue weighted by atomic mass is 10.0. The predicted molar refractivity (Wildman–Crippen MR) is 96.9 cm³/mol. The van der Waals surface area contributed by atoms with Crippen LogP contribution in [0.15, 0.2) is 42.5 Å². The minimum atomic E-state index is -0.203. The van der Waals surface area contributed by atoms with E-state index in [0.717, 1.165) is 35.6 Å². The van der Waals surface area contributed by atoms with E-state index < -0.39 is 0 Å². The fourth-order valence-electron chi connectivity index (χ4n) is 3.45. The topological polar surface area (TPSA) is 59.6 Å². The molecule has 1 saturated heterocycles. The van der Waals surface area contributed by atoms with Gasteiger partial charge in [-0.05, 0) is 47.4 Å². The summed E-state index contributed by atoms with van der Waals surface area (Å²) in [5, 5.41) is 6.21. The molecular formula is C20H22N2O3. The largest absolute Gasteiger partial charge is 0.493 e. The highest BCUT2D eigenvalue weighted by atomic mass is 16.5. The van der Waals surface area contributed by atoms with E-state index in [2.05, 4.69) is 28.8 Å². The molecule has 2 N–H and O–H groups in total. The summed E-state index contributed by atoms with van der Waals surface area (Å²) in [7, 11) is 1.68. The number of methoxy groups -OCH3 is 1. The summed E-state index contributed by atoms with van der Waals surface area (Å²) in [5.74, 6) is 0.965. The maximum atomic E-state index is 12.4. The van der Waals surface area contributed by atoms with Crippen molar-refractivity contribution in [2.45, 2.75) is 25.0 Å². The van der Waals surface area contributed by atoms with E-state index in [1.807, 2.05) is 24.3 Å². The number of fused-ring (bicyclic) bond motifs is 1. The highest BCUT2D eigenvalue weighted by Gasteiger charge is 2.29. The van der Waals surface area contributed by atoms with Gasteiger partial charge in [0, 0.05) is 25.8 Å². The van der Waals surface area contributed by atoms with Crippen LogP contribution < -0.4 is 15.4 Å². The van der Waals surface area contributed by atoms with E-state index in [1.165, 1.54) is 5.56 Å². The lowest BCUT2D eigenvalue weighted by Crippen LogP contribution is -2.35. The number of amides is 1. The molecule has 25 heavy (non-hydrogen) atoms. The molecule has 2 aromatic rings. The number of rotatable bonds is 4. The van der Waals surface area contributed by atoms with Crippen LogP contribution in [-0.2, 0) is 16.0 Å². The highest BCUT2D eigenvalue weighted by Crippen LogP contribution is 2.31. The first-order valence-electron chi connectivity index (χ1n) is 8.66. The molecule has 2 atom stereocenters. The Hall–Kier alpha value is -2.37. The number of ether oxygens (including phenoxy) is 2. The Morgan fingerprint density at radius 3 is 2.96 bits per heavy atom. The van der Waals surface area contributed by atoms with Gasteiger partial charge in [0.1, 0.15) is 5.75 Å². The van der Waals surface area contributed by atoms with E-state index in [-0.39, 0.29) is 18.1 Å². The van der Waals surface area contributed by atoms with E-state index in [1.54, 1.807) is 7.11 Å². The fraction of sp³-hybridized carbons (Fsp3) is 0.350. The third-order valence-electron chi connectivity index (χ3n) is 4.89. The SMILES string of the molecule is CO[C@@H]1CN[C@@H](C(=O)Nc2cccc(-c3ccc4c(c3)CCO4)c2)C1. The Kier molecular flexibility index (Phi) is 4.42. The first kappa shape index (κ1) is 16.1. The summed E-state index contributed by atoms with van der Waals surface area (Å²) in [4.78, 5) is 12.4. The molecule has 130 valence electrons. The Morgan fingerprint density at radius 2 is 2.12 bits per heavy atom. The fourth-order valence-corrected chi connectivity index (χ4v) is 3.45. The van der Waals surface area contributed by atoms with Crippen LogP contribution in [0.4, 0.5) is 5.69 Å². The van der Waals surface area contributed by atoms with Crippen LogP contribution in [0, 0.1) is 0 Å². The number of hydrogen-bond acceptors (Lipinski definition) is 4. The first-order valence-corrected chi connectivity index (χ1v) is 8.66. The van der Waals surface area contributed by atoms with Crippen molar-refractivity contribution in [2.75, 3.05) is 25.6 Å². The van der Waals surface area contributed by atoms with Gasteiger partial charge in [-0.1, -0.05) is 18.2 Å². The van der Waals surface area contributed by atoms with Crippen LogP contribution in [0.5, 0.6) is 5.75 Å². The summed E-state index contributed by atoms with van der Waals surface area (Å²) in [6.45, 7) is 1.47. The smallest absolute Gasteiger partial charge is 0.241 e. The van der Waals surface area contributed by atoms with Crippen LogP contribution in [-0.4, -0.2) is 38.3 Å². The summed E-state index contributed by atoms with van der Waals surface area (Å²) >= 11 is 0. The Labute approximate surface area is 147 Å². The summed E-state index contributed by atoms with van der Waals surface area (Å²) in [6, 6.07) is 14.0. The van der Waals surface area contributed by atoms with Crippen LogP contribution in [0.25, 0.3) is 11.1 Å². The first-order chi connectivity index (χ1) is 12.2. The molecular weight excluding hydrogens is 316 g/mol. The van der Waals surface area contributed by atoms with E-state index in [9.17, 15) is 4.79 Å². The van der Waals surface area contributed by atoms with E-state index in [4.69, 9.17) is 9.47 Å². The molecule has 0 saturated carbocycles. The molecule has 0 bridgehead atoms. The number of carbonyl (C=O) groups is 1. The van der Waals surface area contributed by atoms with E-state index >= 15 is 0 Å². The molecule has 1 amide bonds. The molecule has 5 nitrogen and oxygen atoms in total. The molecule has 0 spiro atoms. The molecule has 0 unspecified atom stereocenters. The van der Waals surface area contributed by atoms with Crippen molar-refractivity contribution in [3.05, 3.63) is 48.0 Å². The molecule has 1 fully saturated rings. The van der Waals surface area contributed by atoms with Crippen LogP contribution in [0.3, 0.4) is 0 Å². The summed E-state index contributed by atoms with van der Waals surface area (Å²) < 4.78 is 10.9. The molecule has 2 aromatic carbocycles. The van der Waals surface area contributed by atoms with Crippen molar-refractivity contribution in [3.63, 3.8) is 0 Å². The van der Waals surface area contributed by atoms with Crippen molar-refractivity contribution in [3.8, 4) is 16.9 Å². The van der Waals surface area contributed by atoms with Crippen LogP contribution in [0.2, 0.25) is 0 Å². The normalized spacial score (nSPS) is 21.6. The number of anilines is 1. The number of nitrogens with one attached hydrogen (secondary N) is 2. The van der Waals surface area contributed by atoms with Gasteiger partial charge in [0.25, 0.3) is 0 Å². The third kappa shape index (κ3) is 3.38. The summed E-state index contributed by atoms with van der Waals surface area (Å²) in [5.41, 5.74) is 4.27. The average molecular weight is 338 g/mol. The van der Waals surface area contributed by atoms with Crippen LogP contribution in [0.1, 0.15) is 12.0 Å². The van der Waals surface area contributed by atoms with Gasteiger partial charge in [-0.3, -0.25) is 4.79 Å². The lowest BCUT2D eigenvalue weighted by molar-refractivity contribution is -0.118. The van der Waals surface area contributed by atoms with Gasteiger partial charge in [0.05, 0.1) is 18.8 Å². The standard InChI is InChI=1S/C20H22N2O3/c1-24-17-11-18(21-12-17)20(23)22-16-4-2-3-13(10-16)14-5-6-19-15(9-14)7-8-25-19/h2-6,9-10,17-18,21H,7-8,11-12H2,1H3,(H,22,23)/t17-,18+/m0/s1. The Balaban J connectivity index is 1.49. The maximum Gasteiger partial charge on any atom is 0.241 e. The zero-order valence-corrected chi connectivity index (χ0v) is 14.2. The minimum absolute atomic E-state index is 0.0148. The van der Waals surface area contributed by atoms with Gasteiger partial charge < -0.3 is 20.1 Å². The van der Waals surface area contributed by atoms with Gasteiger partial charge in [0.15, 0.2) is 0 Å². The predicted octanol–water partition coefficient (Wildman–Crippen LogP) is 2.60. The molecule has 0 aliphatic carbocycles. The van der Waals surface area contributed by atoms with Gasteiger partial charge in [-0.25, -0.2) is 0 Å². The van der Waals surface area contributed by atoms with Gasteiger partial charge in [0.2, 0.25) is 5.91 Å². The monoisotopic (exact) mass is 338 g/mol. The number of carbonyl (C=O) groups excluding carboxylic acids is 1. The van der Waals surface area contributed by atoms with Crippen molar-refractivity contribution in [2.24, 2.45) is 0 Å². The highest BCUT2D eigenvalue weighted by molar-refractivity contribution is 5.95. The molecule has 2 aliphatic rings. The second-order valence-electron chi connectivity index (χ2n) is 6.55. The molecule has 2 heterocycles. The Morgan fingerprint density at radius 1 is 1.24 bits per heavy atom. The third-order valence-corrected chi connectivity index (χ3v) is 4.89. The van der Waals surface area contributed by atoms with Gasteiger partial charge in [-0.15, -0.1) is 0 Å². The second-order valence-corrected chi connectivity index (χ2v) is 6.55. The van der Waals surface area contributed by atoms with Crippen molar-refractivity contribution >= 4 is 11.6 Å². The molecule has 0 aromatic heterocycles. The van der Waals surface area contributed by atoms with Crippen molar-refractivity contribution in [1.29, 1.82) is 0 Å². The molecule has 4 rings (SSSR count). The van der Waals surface area contributed by atoms with Crippen molar-refractivity contribution < 1.29 is 14.3 Å². The molecule has 2 aliphatic heterocycles. The van der Waals surface area contributed by atoms with Gasteiger partial charge in [-0.2, -0.15) is 0 Å². The van der Waals surface area contributed by atoms with Gasteiger partial charge >= 0.3 is 0 Å². The average Bonchev–Trinajstić information content (AvgIpc) is 3.30. The van der Waals surface area contributed by atoms with E-state index in [0.29, 0.717) is 13.0 Å².